The molecule has 18 heavy (non-hydrogen) atoms. The molecule has 100 valence electrons. The molecule has 0 aliphatic carbocycles. The first-order chi connectivity index (χ1) is 8.70. The molecule has 1 fully saturated rings. The summed E-state index contributed by atoms with van der Waals surface area (Å²) in [6.07, 6.45) is 1.98. The fourth-order valence-electron chi connectivity index (χ4n) is 2.63. The fraction of sp³-hybridized carbons (Fsp3) is 0.600. The number of aliphatic hydroxyl groups is 1. The number of hydrogen-bond donors (Lipinski definition) is 1. The molecule has 0 bridgehead atoms. The number of aryl methyl sites for hydroxylation is 1. The Morgan fingerprint density at radius 3 is 2.78 bits per heavy atom. The van der Waals surface area contributed by atoms with Gasteiger partial charge in [0, 0.05) is 19.7 Å². The molecule has 0 aromatic heterocycles. The van der Waals surface area contributed by atoms with E-state index in [-0.39, 0.29) is 0 Å². The molecule has 1 heterocycles. The van der Waals surface area contributed by atoms with Gasteiger partial charge in [-0.15, -0.1) is 0 Å². The molecule has 0 unspecified atom stereocenters. The Bertz CT molecular complexity index is 363. The predicted octanol–water partition coefficient (Wildman–Crippen LogP) is 2.14. The summed E-state index contributed by atoms with van der Waals surface area (Å²) in [6.45, 7) is 4.60. The number of likely N-dealkylation sites (tertiary alicyclic amines) is 1. The van der Waals surface area contributed by atoms with Crippen molar-refractivity contribution in [2.75, 3.05) is 26.8 Å². The smallest absolute Gasteiger partial charge is 0.0917 e. The van der Waals surface area contributed by atoms with E-state index in [1.807, 2.05) is 12.1 Å². The molecule has 2 atom stereocenters. The molecular weight excluding hydrogens is 226 g/mol. The van der Waals surface area contributed by atoms with E-state index < -0.39 is 6.10 Å². The van der Waals surface area contributed by atoms with Crippen LogP contribution in [0.5, 0.6) is 0 Å². The maximum atomic E-state index is 10.3. The molecule has 1 N–H and O–H groups in total. The SMILES string of the molecule is COC[C@@H]1CCCN1C[C@H](O)c1ccc(C)cc1. The second kappa shape index (κ2) is 6.32. The first-order valence-electron chi connectivity index (χ1n) is 6.68. The van der Waals surface area contributed by atoms with Gasteiger partial charge in [0.1, 0.15) is 0 Å². The van der Waals surface area contributed by atoms with Gasteiger partial charge in [-0.05, 0) is 31.9 Å². The van der Waals surface area contributed by atoms with Crippen LogP contribution in [-0.2, 0) is 4.74 Å². The average molecular weight is 249 g/mol. The number of methoxy groups -OCH3 is 1. The molecule has 1 saturated heterocycles. The van der Waals surface area contributed by atoms with Crippen LogP contribution in [0.25, 0.3) is 0 Å². The van der Waals surface area contributed by atoms with Gasteiger partial charge in [0.25, 0.3) is 0 Å². The van der Waals surface area contributed by atoms with E-state index in [4.69, 9.17) is 4.74 Å². The standard InChI is InChI=1S/C15H23NO2/c1-12-5-7-13(8-6-12)15(17)10-16-9-3-4-14(16)11-18-2/h5-8,14-15,17H,3-4,9-11H2,1-2H3/t14-,15-/m0/s1. The lowest BCUT2D eigenvalue weighted by molar-refractivity contribution is 0.0703. The van der Waals surface area contributed by atoms with E-state index in [0.717, 1.165) is 18.7 Å². The molecule has 1 aromatic carbocycles. The van der Waals surface area contributed by atoms with Gasteiger partial charge in [0.2, 0.25) is 0 Å². The van der Waals surface area contributed by atoms with Crippen molar-refractivity contribution in [3.8, 4) is 0 Å². The topological polar surface area (TPSA) is 32.7 Å². The van der Waals surface area contributed by atoms with Crippen molar-refractivity contribution in [2.24, 2.45) is 0 Å². The van der Waals surface area contributed by atoms with E-state index in [2.05, 4.69) is 24.0 Å². The predicted molar refractivity (Wildman–Crippen MR) is 72.6 cm³/mol. The molecule has 2 rings (SSSR count). The van der Waals surface area contributed by atoms with E-state index >= 15 is 0 Å². The molecule has 0 radical (unpaired) electrons. The van der Waals surface area contributed by atoms with Crippen LogP contribution in [-0.4, -0.2) is 42.9 Å². The number of β-amino-alcohol motifs (C(OH)–C–C–N with tert-alkyl or cyclic N) is 1. The number of aliphatic hydroxyl groups excluding tert-OH is 1. The molecule has 0 saturated carbocycles. The highest BCUT2D eigenvalue weighted by atomic mass is 16.5. The van der Waals surface area contributed by atoms with Crippen LogP contribution in [0.15, 0.2) is 24.3 Å². The summed E-state index contributed by atoms with van der Waals surface area (Å²) in [5, 5.41) is 10.3. The second-order valence-electron chi connectivity index (χ2n) is 5.17. The summed E-state index contributed by atoms with van der Waals surface area (Å²) in [4.78, 5) is 2.34. The Morgan fingerprint density at radius 1 is 1.39 bits per heavy atom. The minimum absolute atomic E-state index is 0.400. The van der Waals surface area contributed by atoms with Gasteiger partial charge in [-0.3, -0.25) is 4.90 Å². The number of benzene rings is 1. The molecule has 1 aliphatic rings. The number of hydrogen-bond acceptors (Lipinski definition) is 3. The summed E-state index contributed by atoms with van der Waals surface area (Å²) >= 11 is 0. The zero-order valence-corrected chi connectivity index (χ0v) is 11.3. The Hall–Kier alpha value is -0.900. The molecule has 0 spiro atoms. The van der Waals surface area contributed by atoms with Crippen molar-refractivity contribution in [3.05, 3.63) is 35.4 Å². The van der Waals surface area contributed by atoms with Crippen LogP contribution in [0.3, 0.4) is 0 Å². The summed E-state index contributed by atoms with van der Waals surface area (Å²) in [7, 11) is 1.74. The normalized spacial score (nSPS) is 22.3. The van der Waals surface area contributed by atoms with Crippen molar-refractivity contribution in [2.45, 2.75) is 31.9 Å². The quantitative estimate of drug-likeness (QED) is 0.868. The molecule has 1 aliphatic heterocycles. The van der Waals surface area contributed by atoms with Gasteiger partial charge >= 0.3 is 0 Å². The maximum absolute atomic E-state index is 10.3. The average Bonchev–Trinajstić information content (AvgIpc) is 2.78. The number of ether oxygens (including phenoxy) is 1. The first-order valence-corrected chi connectivity index (χ1v) is 6.68. The van der Waals surface area contributed by atoms with Crippen molar-refractivity contribution < 1.29 is 9.84 Å². The Morgan fingerprint density at radius 2 is 2.11 bits per heavy atom. The van der Waals surface area contributed by atoms with E-state index in [1.54, 1.807) is 7.11 Å². The lowest BCUT2D eigenvalue weighted by atomic mass is 10.1. The number of rotatable bonds is 5. The lowest BCUT2D eigenvalue weighted by Gasteiger charge is -2.26. The van der Waals surface area contributed by atoms with Gasteiger partial charge < -0.3 is 9.84 Å². The third-order valence-corrected chi connectivity index (χ3v) is 3.73. The van der Waals surface area contributed by atoms with Gasteiger partial charge in [0.15, 0.2) is 0 Å². The van der Waals surface area contributed by atoms with Gasteiger partial charge in [-0.1, -0.05) is 29.8 Å². The maximum Gasteiger partial charge on any atom is 0.0917 e. The van der Waals surface area contributed by atoms with Crippen LogP contribution in [0, 0.1) is 6.92 Å². The third-order valence-electron chi connectivity index (χ3n) is 3.73. The molecule has 3 heteroatoms. The van der Waals surface area contributed by atoms with Crippen LogP contribution >= 0.6 is 0 Å². The largest absolute Gasteiger partial charge is 0.387 e. The third kappa shape index (κ3) is 3.31. The molecule has 3 nitrogen and oxygen atoms in total. The van der Waals surface area contributed by atoms with Crippen molar-refractivity contribution >= 4 is 0 Å². The highest BCUT2D eigenvalue weighted by molar-refractivity contribution is 5.23. The van der Waals surface area contributed by atoms with E-state index in [0.29, 0.717) is 12.6 Å². The Kier molecular flexibility index (Phi) is 4.75. The highest BCUT2D eigenvalue weighted by Crippen LogP contribution is 2.22. The highest BCUT2D eigenvalue weighted by Gasteiger charge is 2.26. The first kappa shape index (κ1) is 13.5. The fourth-order valence-corrected chi connectivity index (χ4v) is 2.63. The minimum Gasteiger partial charge on any atom is -0.387 e. The van der Waals surface area contributed by atoms with Crippen molar-refractivity contribution in [3.63, 3.8) is 0 Å². The number of nitrogens with zero attached hydrogens (tertiary/aromatic N) is 1. The van der Waals surface area contributed by atoms with Crippen LogP contribution in [0.1, 0.15) is 30.1 Å². The van der Waals surface area contributed by atoms with Crippen LogP contribution in [0.4, 0.5) is 0 Å². The van der Waals surface area contributed by atoms with E-state index in [1.165, 1.54) is 18.4 Å². The monoisotopic (exact) mass is 249 g/mol. The minimum atomic E-state index is -0.400. The molecular formula is C15H23NO2. The van der Waals surface area contributed by atoms with Gasteiger partial charge in [-0.25, -0.2) is 0 Å². The summed E-state index contributed by atoms with van der Waals surface area (Å²) in [5.41, 5.74) is 2.23. The second-order valence-corrected chi connectivity index (χ2v) is 5.17. The lowest BCUT2D eigenvalue weighted by Crippen LogP contribution is -2.36. The Balaban J connectivity index is 1.94. The summed E-state index contributed by atoms with van der Waals surface area (Å²) in [6, 6.07) is 8.60. The summed E-state index contributed by atoms with van der Waals surface area (Å²) in [5.74, 6) is 0. The van der Waals surface area contributed by atoms with Gasteiger partial charge in [0.05, 0.1) is 12.7 Å². The van der Waals surface area contributed by atoms with E-state index in [9.17, 15) is 5.11 Å². The van der Waals surface area contributed by atoms with Crippen molar-refractivity contribution in [1.29, 1.82) is 0 Å². The Labute approximate surface area is 109 Å². The van der Waals surface area contributed by atoms with Crippen LogP contribution < -0.4 is 0 Å². The van der Waals surface area contributed by atoms with Crippen molar-refractivity contribution in [1.82, 2.24) is 4.90 Å². The zero-order chi connectivity index (χ0) is 13.0. The van der Waals surface area contributed by atoms with Gasteiger partial charge in [-0.2, -0.15) is 0 Å². The van der Waals surface area contributed by atoms with Crippen LogP contribution in [0.2, 0.25) is 0 Å². The molecule has 1 aromatic rings. The summed E-state index contributed by atoms with van der Waals surface area (Å²) < 4.78 is 5.24. The zero-order valence-electron chi connectivity index (χ0n) is 11.3. The molecule has 0 amide bonds.